The summed E-state index contributed by atoms with van der Waals surface area (Å²) in [5, 5.41) is 7.68. The van der Waals surface area contributed by atoms with Gasteiger partial charge >= 0.3 is 0 Å². The van der Waals surface area contributed by atoms with E-state index >= 15 is 0 Å². The lowest BCUT2D eigenvalue weighted by molar-refractivity contribution is 0.102. The van der Waals surface area contributed by atoms with Gasteiger partial charge in [0.25, 0.3) is 5.91 Å². The number of anilines is 1. The van der Waals surface area contributed by atoms with E-state index in [1.165, 1.54) is 12.1 Å². The van der Waals surface area contributed by atoms with Crippen molar-refractivity contribution in [2.45, 2.75) is 20.4 Å². The number of carbonyl (C=O) groups excluding carboxylic acids is 1. The molecule has 0 aliphatic rings. The molecule has 1 N–H and O–H groups in total. The number of rotatable bonds is 4. The number of benzene rings is 2. The third-order valence-electron chi connectivity index (χ3n) is 4.01. The Bertz CT molecular complexity index is 936. The van der Waals surface area contributed by atoms with Gasteiger partial charge in [0.05, 0.1) is 23.5 Å². The summed E-state index contributed by atoms with van der Waals surface area (Å²) in [6.07, 6.45) is 0. The zero-order valence-electron chi connectivity index (χ0n) is 13.9. The first-order valence-corrected chi connectivity index (χ1v) is 8.18. The Morgan fingerprint density at radius 3 is 2.56 bits per heavy atom. The molecule has 0 aliphatic heterocycles. The van der Waals surface area contributed by atoms with Gasteiger partial charge in [-0.15, -0.1) is 0 Å². The Kier molecular flexibility index (Phi) is 4.86. The van der Waals surface area contributed by atoms with Crippen molar-refractivity contribution in [3.05, 3.63) is 81.9 Å². The molecule has 1 aromatic heterocycles. The van der Waals surface area contributed by atoms with Gasteiger partial charge in [-0.05, 0) is 37.6 Å². The van der Waals surface area contributed by atoms with Crippen LogP contribution in [0.25, 0.3) is 0 Å². The number of para-hydroxylation sites is 1. The number of hydrogen-bond acceptors (Lipinski definition) is 2. The molecule has 0 fully saturated rings. The van der Waals surface area contributed by atoms with Crippen LogP contribution in [0, 0.1) is 19.7 Å². The molecule has 0 saturated heterocycles. The average Bonchev–Trinajstić information content (AvgIpc) is 2.86. The van der Waals surface area contributed by atoms with E-state index < -0.39 is 5.82 Å². The lowest BCUT2D eigenvalue weighted by Gasteiger charge is -2.08. The molecule has 3 aromatic rings. The predicted molar refractivity (Wildman–Crippen MR) is 96.6 cm³/mol. The number of amides is 1. The van der Waals surface area contributed by atoms with E-state index in [9.17, 15) is 9.18 Å². The van der Waals surface area contributed by atoms with Crippen LogP contribution in [0.3, 0.4) is 0 Å². The molecule has 0 saturated carbocycles. The molecule has 0 radical (unpaired) electrons. The number of halogens is 2. The SMILES string of the molecule is Cc1nn(Cc2ccccc2Cl)c(C)c1C(=O)Nc1ccccc1F. The Balaban J connectivity index is 1.88. The van der Waals surface area contributed by atoms with Gasteiger partial charge in [0, 0.05) is 10.7 Å². The van der Waals surface area contributed by atoms with Gasteiger partial charge in [0.15, 0.2) is 0 Å². The van der Waals surface area contributed by atoms with Crippen LogP contribution in [0.15, 0.2) is 48.5 Å². The molecule has 1 heterocycles. The van der Waals surface area contributed by atoms with Crippen LogP contribution in [0.4, 0.5) is 10.1 Å². The highest BCUT2D eigenvalue weighted by atomic mass is 35.5. The molecule has 128 valence electrons. The van der Waals surface area contributed by atoms with Crippen LogP contribution >= 0.6 is 11.6 Å². The molecule has 2 aromatic carbocycles. The minimum absolute atomic E-state index is 0.144. The lowest BCUT2D eigenvalue weighted by atomic mass is 10.1. The molecule has 1 amide bonds. The Hall–Kier alpha value is -2.66. The van der Waals surface area contributed by atoms with Crippen LogP contribution in [-0.2, 0) is 6.54 Å². The van der Waals surface area contributed by atoms with E-state index in [0.717, 1.165) is 5.56 Å². The molecule has 0 unspecified atom stereocenters. The van der Waals surface area contributed by atoms with E-state index in [-0.39, 0.29) is 11.6 Å². The minimum Gasteiger partial charge on any atom is -0.319 e. The fourth-order valence-corrected chi connectivity index (χ4v) is 2.91. The number of nitrogens with zero attached hydrogens (tertiary/aromatic N) is 2. The summed E-state index contributed by atoms with van der Waals surface area (Å²) in [6, 6.07) is 13.6. The third-order valence-corrected chi connectivity index (χ3v) is 4.38. The van der Waals surface area contributed by atoms with E-state index in [4.69, 9.17) is 11.6 Å². The normalized spacial score (nSPS) is 10.7. The van der Waals surface area contributed by atoms with Crippen molar-refractivity contribution in [2.75, 3.05) is 5.32 Å². The summed E-state index contributed by atoms with van der Waals surface area (Å²) < 4.78 is 15.5. The molecule has 3 rings (SSSR count). The first kappa shape index (κ1) is 17.2. The Morgan fingerprint density at radius 2 is 1.84 bits per heavy atom. The average molecular weight is 358 g/mol. The number of aryl methyl sites for hydroxylation is 1. The quantitative estimate of drug-likeness (QED) is 0.742. The fraction of sp³-hybridized carbons (Fsp3) is 0.158. The Morgan fingerprint density at radius 1 is 1.16 bits per heavy atom. The molecular formula is C19H17ClFN3O. The van der Waals surface area contributed by atoms with Crippen molar-refractivity contribution in [3.8, 4) is 0 Å². The molecule has 4 nitrogen and oxygen atoms in total. The molecule has 0 bridgehead atoms. The van der Waals surface area contributed by atoms with Gasteiger partial charge in [-0.2, -0.15) is 5.10 Å². The molecule has 25 heavy (non-hydrogen) atoms. The first-order chi connectivity index (χ1) is 12.0. The smallest absolute Gasteiger partial charge is 0.259 e. The van der Waals surface area contributed by atoms with Crippen molar-refractivity contribution in [1.82, 2.24) is 9.78 Å². The summed E-state index contributed by atoms with van der Waals surface area (Å²) in [5.74, 6) is -0.861. The third kappa shape index (κ3) is 3.56. The molecular weight excluding hydrogens is 341 g/mol. The van der Waals surface area contributed by atoms with Crippen molar-refractivity contribution >= 4 is 23.2 Å². The second-order valence-electron chi connectivity index (χ2n) is 5.73. The summed E-state index contributed by atoms with van der Waals surface area (Å²) in [6.45, 7) is 4.03. The van der Waals surface area contributed by atoms with Crippen LogP contribution < -0.4 is 5.32 Å². The molecule has 0 atom stereocenters. The van der Waals surface area contributed by atoms with Gasteiger partial charge in [-0.25, -0.2) is 4.39 Å². The van der Waals surface area contributed by atoms with Crippen LogP contribution in [0.5, 0.6) is 0 Å². The standard InChI is InChI=1S/C19H17ClFN3O/c1-12-18(19(25)22-17-10-6-5-9-16(17)21)13(2)24(23-12)11-14-7-3-4-8-15(14)20/h3-10H,11H2,1-2H3,(H,22,25). The molecule has 6 heteroatoms. The maximum absolute atomic E-state index is 13.8. The van der Waals surface area contributed by atoms with Crippen molar-refractivity contribution < 1.29 is 9.18 Å². The second-order valence-corrected chi connectivity index (χ2v) is 6.14. The minimum atomic E-state index is -0.477. The van der Waals surface area contributed by atoms with Gasteiger partial charge < -0.3 is 5.32 Å². The summed E-state index contributed by atoms with van der Waals surface area (Å²) in [4.78, 5) is 12.6. The highest BCUT2D eigenvalue weighted by Gasteiger charge is 2.20. The van der Waals surface area contributed by atoms with Gasteiger partial charge in [-0.1, -0.05) is 41.9 Å². The zero-order chi connectivity index (χ0) is 18.0. The van der Waals surface area contributed by atoms with Crippen molar-refractivity contribution in [1.29, 1.82) is 0 Å². The van der Waals surface area contributed by atoms with Crippen LogP contribution in [0.1, 0.15) is 27.3 Å². The van der Waals surface area contributed by atoms with Crippen molar-refractivity contribution in [2.24, 2.45) is 0 Å². The summed E-state index contributed by atoms with van der Waals surface area (Å²) in [7, 11) is 0. The van der Waals surface area contributed by atoms with E-state index in [2.05, 4.69) is 10.4 Å². The predicted octanol–water partition coefficient (Wildman–Crippen LogP) is 4.59. The largest absolute Gasteiger partial charge is 0.319 e. The summed E-state index contributed by atoms with van der Waals surface area (Å²) >= 11 is 6.20. The summed E-state index contributed by atoms with van der Waals surface area (Å²) in [5.41, 5.74) is 2.78. The van der Waals surface area contributed by atoms with Gasteiger partial charge in [0.2, 0.25) is 0 Å². The number of aromatic nitrogens is 2. The fourth-order valence-electron chi connectivity index (χ4n) is 2.71. The van der Waals surface area contributed by atoms with E-state index in [0.29, 0.717) is 28.5 Å². The highest BCUT2D eigenvalue weighted by Crippen LogP contribution is 2.21. The zero-order valence-corrected chi connectivity index (χ0v) is 14.6. The first-order valence-electron chi connectivity index (χ1n) is 7.80. The number of nitrogens with one attached hydrogen (secondary N) is 1. The topological polar surface area (TPSA) is 46.9 Å². The van der Waals surface area contributed by atoms with Gasteiger partial charge in [-0.3, -0.25) is 9.48 Å². The van der Waals surface area contributed by atoms with Gasteiger partial charge in [0.1, 0.15) is 5.82 Å². The maximum atomic E-state index is 13.8. The van der Waals surface area contributed by atoms with Crippen LogP contribution in [0.2, 0.25) is 5.02 Å². The second kappa shape index (κ2) is 7.07. The molecule has 0 aliphatic carbocycles. The monoisotopic (exact) mass is 357 g/mol. The lowest BCUT2D eigenvalue weighted by Crippen LogP contribution is -2.15. The van der Waals surface area contributed by atoms with Crippen LogP contribution in [-0.4, -0.2) is 15.7 Å². The number of hydrogen-bond donors (Lipinski definition) is 1. The number of carbonyl (C=O) groups is 1. The van der Waals surface area contributed by atoms with E-state index in [1.54, 1.807) is 23.7 Å². The maximum Gasteiger partial charge on any atom is 0.259 e. The van der Waals surface area contributed by atoms with Crippen molar-refractivity contribution in [3.63, 3.8) is 0 Å². The highest BCUT2D eigenvalue weighted by molar-refractivity contribution is 6.31. The Labute approximate surface area is 150 Å². The molecule has 0 spiro atoms. The van der Waals surface area contributed by atoms with E-state index in [1.807, 2.05) is 31.2 Å².